The summed E-state index contributed by atoms with van der Waals surface area (Å²) in [7, 11) is 1.74. The normalized spacial score (nSPS) is 24.3. The topological polar surface area (TPSA) is 69.6 Å². The van der Waals surface area contributed by atoms with E-state index in [4.69, 9.17) is 0 Å². The molecule has 1 aliphatic rings. The van der Waals surface area contributed by atoms with Gasteiger partial charge in [-0.2, -0.15) is 0 Å². The summed E-state index contributed by atoms with van der Waals surface area (Å²) in [4.78, 5) is 25.9. The van der Waals surface area contributed by atoms with Gasteiger partial charge in [0.25, 0.3) is 0 Å². The van der Waals surface area contributed by atoms with Gasteiger partial charge in [-0.15, -0.1) is 0 Å². The van der Waals surface area contributed by atoms with Crippen LogP contribution in [0.25, 0.3) is 0 Å². The van der Waals surface area contributed by atoms with Gasteiger partial charge >= 0.3 is 0 Å². The van der Waals surface area contributed by atoms with E-state index in [0.29, 0.717) is 6.54 Å². The van der Waals surface area contributed by atoms with Crippen LogP contribution in [0.3, 0.4) is 0 Å². The lowest BCUT2D eigenvalue weighted by Crippen LogP contribution is -2.50. The molecule has 5 nitrogen and oxygen atoms in total. The minimum atomic E-state index is -0.539. The van der Waals surface area contributed by atoms with Crippen molar-refractivity contribution in [3.63, 3.8) is 0 Å². The van der Waals surface area contributed by atoms with E-state index < -0.39 is 11.5 Å². The van der Waals surface area contributed by atoms with Crippen LogP contribution in [0.2, 0.25) is 0 Å². The Morgan fingerprint density at radius 3 is 2.38 bits per heavy atom. The van der Waals surface area contributed by atoms with Crippen LogP contribution in [-0.2, 0) is 9.59 Å². The van der Waals surface area contributed by atoms with Crippen LogP contribution in [0.15, 0.2) is 0 Å². The predicted octanol–water partition coefficient (Wildman–Crippen LogP) is 1.55. The first-order valence-corrected chi connectivity index (χ1v) is 7.87. The molecular formula is C16H30N2O3. The lowest BCUT2D eigenvalue weighted by atomic mass is 9.86. The van der Waals surface area contributed by atoms with Crippen LogP contribution in [-0.4, -0.2) is 47.6 Å². The molecule has 0 spiro atoms. The molecule has 1 aliphatic carbocycles. The van der Waals surface area contributed by atoms with Gasteiger partial charge < -0.3 is 15.3 Å². The van der Waals surface area contributed by atoms with Gasteiger partial charge in [0.05, 0.1) is 6.10 Å². The quantitative estimate of drug-likeness (QED) is 0.827. The maximum atomic E-state index is 12.3. The third-order valence-electron chi connectivity index (χ3n) is 4.15. The van der Waals surface area contributed by atoms with Crippen molar-refractivity contribution in [1.29, 1.82) is 0 Å². The molecule has 0 aliphatic heterocycles. The number of hydrogen-bond donors (Lipinski definition) is 2. The Morgan fingerprint density at radius 1 is 1.29 bits per heavy atom. The van der Waals surface area contributed by atoms with Gasteiger partial charge in [0.15, 0.2) is 0 Å². The number of nitrogens with zero attached hydrogens (tertiary/aromatic N) is 1. The molecule has 0 radical (unpaired) electrons. The number of aliphatic hydroxyl groups excluding tert-OH is 1. The third-order valence-corrected chi connectivity index (χ3v) is 4.15. The Balaban J connectivity index is 2.51. The molecule has 0 aromatic carbocycles. The highest BCUT2D eigenvalue weighted by molar-refractivity contribution is 5.89. The molecule has 2 amide bonds. The number of carbonyl (C=O) groups is 2. The summed E-state index contributed by atoms with van der Waals surface area (Å²) in [5, 5.41) is 12.7. The second-order valence-corrected chi connectivity index (χ2v) is 7.28. The second kappa shape index (κ2) is 7.25. The second-order valence-electron chi connectivity index (χ2n) is 7.28. The summed E-state index contributed by atoms with van der Waals surface area (Å²) in [5.41, 5.74) is -0.507. The molecule has 21 heavy (non-hydrogen) atoms. The summed E-state index contributed by atoms with van der Waals surface area (Å²) in [5.74, 6) is -0.0851. The number of rotatable bonds is 4. The highest BCUT2D eigenvalue weighted by Crippen LogP contribution is 2.25. The van der Waals surface area contributed by atoms with Gasteiger partial charge in [-0.05, 0) is 19.8 Å². The number of amides is 2. The zero-order valence-electron chi connectivity index (χ0n) is 14.0. The third kappa shape index (κ3) is 5.30. The minimum Gasteiger partial charge on any atom is -0.393 e. The first-order valence-electron chi connectivity index (χ1n) is 7.87. The lowest BCUT2D eigenvalue weighted by Gasteiger charge is -2.32. The molecule has 0 aromatic rings. The first kappa shape index (κ1) is 18.0. The summed E-state index contributed by atoms with van der Waals surface area (Å²) in [6.45, 7) is 7.72. The molecule has 0 saturated heterocycles. The zero-order chi connectivity index (χ0) is 16.2. The number of likely N-dealkylation sites (N-methyl/N-ethyl adjacent to an activating group) is 1. The SMILES string of the molecule is CC(NC(=O)C(C)(C)C)C(=O)N(C)CC1CCCCC1O. The van der Waals surface area contributed by atoms with Gasteiger partial charge in [0.2, 0.25) is 11.8 Å². The molecule has 122 valence electrons. The molecule has 3 atom stereocenters. The first-order chi connectivity index (χ1) is 9.62. The van der Waals surface area contributed by atoms with Gasteiger partial charge in [0, 0.05) is 24.9 Å². The number of carbonyl (C=O) groups excluding carboxylic acids is 2. The van der Waals surface area contributed by atoms with E-state index in [1.807, 2.05) is 20.8 Å². The molecule has 3 unspecified atom stereocenters. The van der Waals surface area contributed by atoms with E-state index in [-0.39, 0.29) is 23.8 Å². The van der Waals surface area contributed by atoms with Gasteiger partial charge in [-0.1, -0.05) is 33.6 Å². The highest BCUT2D eigenvalue weighted by Gasteiger charge is 2.29. The van der Waals surface area contributed by atoms with E-state index in [0.717, 1.165) is 25.7 Å². The molecule has 1 saturated carbocycles. The van der Waals surface area contributed by atoms with E-state index in [1.54, 1.807) is 18.9 Å². The van der Waals surface area contributed by atoms with E-state index in [1.165, 1.54) is 0 Å². The summed E-state index contributed by atoms with van der Waals surface area (Å²) >= 11 is 0. The predicted molar refractivity (Wildman–Crippen MR) is 82.7 cm³/mol. The number of aliphatic hydroxyl groups is 1. The maximum absolute atomic E-state index is 12.3. The van der Waals surface area contributed by atoms with Gasteiger partial charge in [0.1, 0.15) is 6.04 Å². The molecule has 2 N–H and O–H groups in total. The summed E-state index contributed by atoms with van der Waals surface area (Å²) in [6, 6.07) is -0.539. The van der Waals surface area contributed by atoms with Crippen LogP contribution in [0.5, 0.6) is 0 Å². The van der Waals surface area contributed by atoms with Crippen molar-refractivity contribution in [2.75, 3.05) is 13.6 Å². The smallest absolute Gasteiger partial charge is 0.244 e. The van der Waals surface area contributed by atoms with Crippen LogP contribution in [0.1, 0.15) is 53.4 Å². The van der Waals surface area contributed by atoms with Crippen LogP contribution < -0.4 is 5.32 Å². The highest BCUT2D eigenvalue weighted by atomic mass is 16.3. The van der Waals surface area contributed by atoms with E-state index >= 15 is 0 Å². The average molecular weight is 298 g/mol. The van der Waals surface area contributed by atoms with Crippen LogP contribution in [0, 0.1) is 11.3 Å². The maximum Gasteiger partial charge on any atom is 0.244 e. The van der Waals surface area contributed by atoms with Crippen molar-refractivity contribution in [2.45, 2.75) is 65.5 Å². The Kier molecular flexibility index (Phi) is 6.20. The lowest BCUT2D eigenvalue weighted by molar-refractivity contribution is -0.138. The molecule has 0 aromatic heterocycles. The van der Waals surface area contributed by atoms with Crippen molar-refractivity contribution in [3.8, 4) is 0 Å². The fourth-order valence-electron chi connectivity index (χ4n) is 2.65. The molecule has 0 bridgehead atoms. The molecule has 1 fully saturated rings. The van der Waals surface area contributed by atoms with Gasteiger partial charge in [-0.25, -0.2) is 0 Å². The Hall–Kier alpha value is -1.10. The van der Waals surface area contributed by atoms with Crippen molar-refractivity contribution in [1.82, 2.24) is 10.2 Å². The average Bonchev–Trinajstić information content (AvgIpc) is 2.39. The van der Waals surface area contributed by atoms with Gasteiger partial charge in [-0.3, -0.25) is 9.59 Å². The van der Waals surface area contributed by atoms with Crippen molar-refractivity contribution >= 4 is 11.8 Å². The standard InChI is InChI=1S/C16H30N2O3/c1-11(17-15(21)16(2,3)4)14(20)18(5)10-12-8-6-7-9-13(12)19/h11-13,19H,6-10H2,1-5H3,(H,17,21). The Bertz CT molecular complexity index is 376. The molecule has 1 rings (SSSR count). The van der Waals surface area contributed by atoms with Crippen molar-refractivity contribution < 1.29 is 14.7 Å². The number of hydrogen-bond acceptors (Lipinski definition) is 3. The Labute approximate surface area is 128 Å². The zero-order valence-corrected chi connectivity index (χ0v) is 14.0. The van der Waals surface area contributed by atoms with Crippen molar-refractivity contribution in [2.24, 2.45) is 11.3 Å². The minimum absolute atomic E-state index is 0.106. The summed E-state index contributed by atoms with van der Waals surface area (Å²) in [6.07, 6.45) is 3.64. The largest absolute Gasteiger partial charge is 0.393 e. The van der Waals surface area contributed by atoms with E-state index in [2.05, 4.69) is 5.32 Å². The van der Waals surface area contributed by atoms with E-state index in [9.17, 15) is 14.7 Å². The summed E-state index contributed by atoms with van der Waals surface area (Å²) < 4.78 is 0. The van der Waals surface area contributed by atoms with Crippen LogP contribution >= 0.6 is 0 Å². The fraction of sp³-hybridized carbons (Fsp3) is 0.875. The van der Waals surface area contributed by atoms with Crippen molar-refractivity contribution in [3.05, 3.63) is 0 Å². The van der Waals surface area contributed by atoms with Crippen LogP contribution in [0.4, 0.5) is 0 Å². The molecule has 5 heteroatoms. The fourth-order valence-corrected chi connectivity index (χ4v) is 2.65. The molecule has 0 heterocycles. The monoisotopic (exact) mass is 298 g/mol. The number of nitrogens with one attached hydrogen (secondary N) is 1. The molecular weight excluding hydrogens is 268 g/mol. The Morgan fingerprint density at radius 2 is 1.86 bits per heavy atom.